The lowest BCUT2D eigenvalue weighted by molar-refractivity contribution is -0.127. The van der Waals surface area contributed by atoms with Crippen molar-refractivity contribution in [1.29, 1.82) is 0 Å². The summed E-state index contributed by atoms with van der Waals surface area (Å²) < 4.78 is 1.61. The molecule has 1 aromatic heterocycles. The third-order valence-electron chi connectivity index (χ3n) is 3.98. The van der Waals surface area contributed by atoms with Gasteiger partial charge in [-0.15, -0.1) is 0 Å². The van der Waals surface area contributed by atoms with Crippen LogP contribution < -0.4 is 5.32 Å². The van der Waals surface area contributed by atoms with E-state index in [1.54, 1.807) is 23.0 Å². The summed E-state index contributed by atoms with van der Waals surface area (Å²) in [5.41, 5.74) is 1.29. The molecule has 0 unspecified atom stereocenters. The molecule has 2 aromatic rings. The number of nitrogens with one attached hydrogen (secondary N) is 1. The van der Waals surface area contributed by atoms with Crippen LogP contribution in [-0.4, -0.2) is 46.1 Å². The Labute approximate surface area is 145 Å². The summed E-state index contributed by atoms with van der Waals surface area (Å²) in [5, 5.41) is 7.67. The van der Waals surface area contributed by atoms with Gasteiger partial charge in [0.15, 0.2) is 0 Å². The topological polar surface area (TPSA) is 67.2 Å². The summed E-state index contributed by atoms with van der Waals surface area (Å²) in [4.78, 5) is 25.5. The number of likely N-dealkylation sites (tertiary alicyclic amines) is 1. The Morgan fingerprint density at radius 3 is 3.00 bits per heavy atom. The first-order chi connectivity index (χ1) is 11.6. The van der Waals surface area contributed by atoms with Gasteiger partial charge in [-0.3, -0.25) is 9.59 Å². The zero-order chi connectivity index (χ0) is 16.9. The van der Waals surface area contributed by atoms with Crippen molar-refractivity contribution < 1.29 is 9.59 Å². The van der Waals surface area contributed by atoms with Crippen LogP contribution in [0.1, 0.15) is 29.6 Å². The molecule has 0 spiro atoms. The summed E-state index contributed by atoms with van der Waals surface area (Å²) in [6.45, 7) is 2.06. The van der Waals surface area contributed by atoms with Crippen molar-refractivity contribution in [3.8, 4) is 5.69 Å². The van der Waals surface area contributed by atoms with E-state index in [-0.39, 0.29) is 11.8 Å². The molecule has 24 heavy (non-hydrogen) atoms. The molecule has 1 aliphatic rings. The van der Waals surface area contributed by atoms with Crippen LogP contribution in [0.25, 0.3) is 5.69 Å². The van der Waals surface area contributed by atoms with Gasteiger partial charge in [-0.2, -0.15) is 5.10 Å². The van der Waals surface area contributed by atoms with Gasteiger partial charge in [0, 0.05) is 37.3 Å². The zero-order valence-electron chi connectivity index (χ0n) is 13.2. The first-order valence-electron chi connectivity index (χ1n) is 8.00. The standard InChI is InChI=1S/C17H19ClN4O2/c18-14-4-1-5-15(10-14)22-12-13(11-20-22)17(24)19-7-3-9-21-8-2-6-16(21)23/h1,4-5,10-12H,2-3,6-9H2,(H,19,24). The average molecular weight is 347 g/mol. The number of halogens is 1. The molecule has 1 saturated heterocycles. The Hall–Kier alpha value is -2.34. The van der Waals surface area contributed by atoms with E-state index in [4.69, 9.17) is 11.6 Å². The van der Waals surface area contributed by atoms with Crippen LogP contribution in [0.3, 0.4) is 0 Å². The second-order valence-electron chi connectivity index (χ2n) is 5.75. The Balaban J connectivity index is 1.50. The number of amides is 2. The van der Waals surface area contributed by atoms with E-state index in [0.29, 0.717) is 30.1 Å². The fourth-order valence-corrected chi connectivity index (χ4v) is 2.90. The van der Waals surface area contributed by atoms with Gasteiger partial charge in [-0.25, -0.2) is 4.68 Å². The molecule has 0 radical (unpaired) electrons. The highest BCUT2D eigenvalue weighted by atomic mass is 35.5. The van der Waals surface area contributed by atoms with Crippen molar-refractivity contribution in [2.24, 2.45) is 0 Å². The van der Waals surface area contributed by atoms with Gasteiger partial charge in [0.2, 0.25) is 5.91 Å². The maximum atomic E-state index is 12.1. The van der Waals surface area contributed by atoms with E-state index in [1.807, 2.05) is 17.0 Å². The molecule has 3 rings (SSSR count). The molecule has 1 fully saturated rings. The van der Waals surface area contributed by atoms with Crippen molar-refractivity contribution in [2.45, 2.75) is 19.3 Å². The summed E-state index contributed by atoms with van der Waals surface area (Å²) in [7, 11) is 0. The quantitative estimate of drug-likeness (QED) is 0.816. The maximum Gasteiger partial charge on any atom is 0.254 e. The van der Waals surface area contributed by atoms with E-state index < -0.39 is 0 Å². The molecule has 126 valence electrons. The Kier molecular flexibility index (Phi) is 5.15. The molecule has 1 N–H and O–H groups in total. The van der Waals surface area contributed by atoms with E-state index >= 15 is 0 Å². The highest BCUT2D eigenvalue weighted by Gasteiger charge is 2.19. The highest BCUT2D eigenvalue weighted by molar-refractivity contribution is 6.30. The number of carbonyl (C=O) groups excluding carboxylic acids is 2. The summed E-state index contributed by atoms with van der Waals surface area (Å²) in [5.74, 6) is 0.0418. The van der Waals surface area contributed by atoms with Crippen LogP contribution in [0.4, 0.5) is 0 Å². The Morgan fingerprint density at radius 1 is 1.38 bits per heavy atom. The SMILES string of the molecule is O=C(NCCCN1CCCC1=O)c1cnn(-c2cccc(Cl)c2)c1. The number of nitrogens with zero attached hydrogens (tertiary/aromatic N) is 3. The fourth-order valence-electron chi connectivity index (χ4n) is 2.71. The lowest BCUT2D eigenvalue weighted by atomic mass is 10.3. The molecule has 0 atom stereocenters. The summed E-state index contributed by atoms with van der Waals surface area (Å²) >= 11 is 5.96. The van der Waals surface area contributed by atoms with Crippen molar-refractivity contribution in [3.05, 3.63) is 47.2 Å². The molecule has 0 aliphatic carbocycles. The Bertz CT molecular complexity index is 744. The number of benzene rings is 1. The lowest BCUT2D eigenvalue weighted by Crippen LogP contribution is -2.30. The largest absolute Gasteiger partial charge is 0.352 e. The average Bonchev–Trinajstić information content (AvgIpc) is 3.21. The minimum absolute atomic E-state index is 0.170. The lowest BCUT2D eigenvalue weighted by Gasteiger charge is -2.15. The predicted octanol–water partition coefficient (Wildman–Crippen LogP) is 2.27. The first-order valence-corrected chi connectivity index (χ1v) is 8.38. The smallest absolute Gasteiger partial charge is 0.254 e. The molecule has 2 amide bonds. The van der Waals surface area contributed by atoms with Crippen molar-refractivity contribution >= 4 is 23.4 Å². The monoisotopic (exact) mass is 346 g/mol. The number of hydrogen-bond donors (Lipinski definition) is 1. The predicted molar refractivity (Wildman–Crippen MR) is 91.3 cm³/mol. The van der Waals surface area contributed by atoms with E-state index in [2.05, 4.69) is 10.4 Å². The van der Waals surface area contributed by atoms with E-state index in [9.17, 15) is 9.59 Å². The number of carbonyl (C=O) groups is 2. The van der Waals surface area contributed by atoms with Gasteiger partial charge in [-0.1, -0.05) is 17.7 Å². The highest BCUT2D eigenvalue weighted by Crippen LogP contribution is 2.14. The fraction of sp³-hybridized carbons (Fsp3) is 0.353. The third kappa shape index (κ3) is 3.94. The van der Waals surface area contributed by atoms with Gasteiger partial charge in [0.1, 0.15) is 0 Å². The molecular weight excluding hydrogens is 328 g/mol. The first kappa shape index (κ1) is 16.5. The maximum absolute atomic E-state index is 12.1. The van der Waals surface area contributed by atoms with E-state index in [1.165, 1.54) is 6.20 Å². The Morgan fingerprint density at radius 2 is 2.25 bits per heavy atom. The number of hydrogen-bond acceptors (Lipinski definition) is 3. The molecule has 2 heterocycles. The molecule has 1 aliphatic heterocycles. The zero-order valence-corrected chi connectivity index (χ0v) is 14.0. The third-order valence-corrected chi connectivity index (χ3v) is 4.21. The van der Waals surface area contributed by atoms with Crippen LogP contribution in [0.15, 0.2) is 36.7 Å². The summed E-state index contributed by atoms with van der Waals surface area (Å²) in [6, 6.07) is 7.27. The van der Waals surface area contributed by atoms with Crippen molar-refractivity contribution in [3.63, 3.8) is 0 Å². The van der Waals surface area contributed by atoms with Crippen LogP contribution in [-0.2, 0) is 4.79 Å². The minimum Gasteiger partial charge on any atom is -0.352 e. The molecule has 6 nitrogen and oxygen atoms in total. The minimum atomic E-state index is -0.170. The van der Waals surface area contributed by atoms with Crippen LogP contribution in [0.2, 0.25) is 5.02 Å². The van der Waals surface area contributed by atoms with Gasteiger partial charge in [0.05, 0.1) is 17.4 Å². The molecule has 1 aromatic carbocycles. The number of aromatic nitrogens is 2. The second-order valence-corrected chi connectivity index (χ2v) is 6.18. The normalized spacial score (nSPS) is 14.2. The van der Waals surface area contributed by atoms with Crippen LogP contribution in [0, 0.1) is 0 Å². The van der Waals surface area contributed by atoms with Crippen molar-refractivity contribution in [1.82, 2.24) is 20.0 Å². The number of rotatable bonds is 6. The molecule has 0 saturated carbocycles. The van der Waals surface area contributed by atoms with Gasteiger partial charge < -0.3 is 10.2 Å². The second kappa shape index (κ2) is 7.49. The van der Waals surface area contributed by atoms with Gasteiger partial charge >= 0.3 is 0 Å². The van der Waals surface area contributed by atoms with E-state index in [0.717, 1.165) is 25.1 Å². The van der Waals surface area contributed by atoms with Gasteiger partial charge in [0.25, 0.3) is 5.91 Å². The van der Waals surface area contributed by atoms with Crippen LogP contribution in [0.5, 0.6) is 0 Å². The molecular formula is C17H19ClN4O2. The molecule has 0 bridgehead atoms. The summed E-state index contributed by atoms with van der Waals surface area (Å²) in [6.07, 6.45) is 5.54. The van der Waals surface area contributed by atoms with Crippen LogP contribution >= 0.6 is 11.6 Å². The van der Waals surface area contributed by atoms with Crippen molar-refractivity contribution in [2.75, 3.05) is 19.6 Å². The van der Waals surface area contributed by atoms with Gasteiger partial charge in [-0.05, 0) is 31.0 Å². The molecule has 7 heteroatoms.